The molecule has 3 heterocycles. The molecule has 1 saturated carbocycles. The molecule has 1 atom stereocenters. The van der Waals surface area contributed by atoms with Crippen LogP contribution in [-0.2, 0) is 11.2 Å². The minimum atomic E-state index is -1.15. The highest BCUT2D eigenvalue weighted by Crippen LogP contribution is 2.36. The first-order valence-corrected chi connectivity index (χ1v) is 12.9. The van der Waals surface area contributed by atoms with Crippen molar-refractivity contribution >= 4 is 33.8 Å². The van der Waals surface area contributed by atoms with Crippen molar-refractivity contribution in [1.82, 2.24) is 19.9 Å². The lowest BCUT2D eigenvalue weighted by Gasteiger charge is -2.25. The SMILES string of the molecule is O=C(N[C@@H](Cc1c[nH]c2ccc(O)cc12)C(=O)O)c1ccc2c(c1)nc(-c1ccco1)n2C1CCCCC1. The number of hydrogen-bond acceptors (Lipinski definition) is 5. The highest BCUT2D eigenvalue weighted by atomic mass is 16.4. The van der Waals surface area contributed by atoms with Crippen LogP contribution in [0, 0.1) is 0 Å². The Morgan fingerprint density at radius 3 is 2.74 bits per heavy atom. The van der Waals surface area contributed by atoms with E-state index in [9.17, 15) is 19.8 Å². The van der Waals surface area contributed by atoms with Crippen molar-refractivity contribution in [1.29, 1.82) is 0 Å². The zero-order valence-corrected chi connectivity index (χ0v) is 20.7. The molecule has 38 heavy (non-hydrogen) atoms. The van der Waals surface area contributed by atoms with E-state index in [1.807, 2.05) is 18.2 Å². The largest absolute Gasteiger partial charge is 0.508 e. The van der Waals surface area contributed by atoms with E-state index in [4.69, 9.17) is 9.40 Å². The molecule has 0 saturated heterocycles. The van der Waals surface area contributed by atoms with Gasteiger partial charge >= 0.3 is 5.97 Å². The number of aromatic amines is 1. The number of carbonyl (C=O) groups is 2. The minimum Gasteiger partial charge on any atom is -0.508 e. The molecular weight excluding hydrogens is 484 g/mol. The Bertz CT molecular complexity index is 1630. The number of nitrogens with one attached hydrogen (secondary N) is 2. The molecule has 1 aliphatic carbocycles. The number of imidazole rings is 1. The van der Waals surface area contributed by atoms with E-state index < -0.39 is 17.9 Å². The molecule has 0 bridgehead atoms. The van der Waals surface area contributed by atoms with Crippen LogP contribution in [0.2, 0.25) is 0 Å². The Kier molecular flexibility index (Phi) is 6.11. The lowest BCUT2D eigenvalue weighted by molar-refractivity contribution is -0.139. The third-order valence-electron chi connectivity index (χ3n) is 7.41. The second-order valence-corrected chi connectivity index (χ2v) is 9.89. The average molecular weight is 513 g/mol. The Balaban J connectivity index is 1.29. The number of hydrogen-bond donors (Lipinski definition) is 4. The number of aromatic hydroxyl groups is 1. The Morgan fingerprint density at radius 1 is 1.13 bits per heavy atom. The topological polar surface area (TPSA) is 133 Å². The number of nitrogens with zero attached hydrogens (tertiary/aromatic N) is 2. The molecule has 1 fully saturated rings. The van der Waals surface area contributed by atoms with Crippen molar-refractivity contribution in [2.45, 2.75) is 50.6 Å². The number of furan rings is 1. The summed E-state index contributed by atoms with van der Waals surface area (Å²) in [4.78, 5) is 33.2. The number of carbonyl (C=O) groups excluding carboxylic acids is 1. The quantitative estimate of drug-likeness (QED) is 0.230. The fraction of sp³-hybridized carbons (Fsp3) is 0.276. The van der Waals surface area contributed by atoms with E-state index in [0.717, 1.165) is 42.5 Å². The van der Waals surface area contributed by atoms with Gasteiger partial charge in [-0.3, -0.25) is 4.79 Å². The van der Waals surface area contributed by atoms with E-state index in [2.05, 4.69) is 14.9 Å². The number of carboxylic acids is 1. The summed E-state index contributed by atoms with van der Waals surface area (Å²) in [6.45, 7) is 0. The first-order chi connectivity index (χ1) is 18.5. The first-order valence-electron chi connectivity index (χ1n) is 12.9. The maximum absolute atomic E-state index is 13.2. The van der Waals surface area contributed by atoms with Crippen LogP contribution >= 0.6 is 0 Å². The van der Waals surface area contributed by atoms with Gasteiger partial charge in [-0.1, -0.05) is 19.3 Å². The first kappa shape index (κ1) is 23.8. The summed E-state index contributed by atoms with van der Waals surface area (Å²) >= 11 is 0. The van der Waals surface area contributed by atoms with Gasteiger partial charge < -0.3 is 29.5 Å². The second kappa shape index (κ2) is 9.74. The smallest absolute Gasteiger partial charge is 0.326 e. The van der Waals surface area contributed by atoms with Crippen LogP contribution in [0.5, 0.6) is 5.75 Å². The van der Waals surface area contributed by atoms with Crippen molar-refractivity contribution < 1.29 is 24.2 Å². The number of carboxylic acid groups (broad SMARTS) is 1. The zero-order valence-electron chi connectivity index (χ0n) is 20.7. The van der Waals surface area contributed by atoms with Gasteiger partial charge in [-0.15, -0.1) is 0 Å². The molecule has 5 aromatic rings. The summed E-state index contributed by atoms with van der Waals surface area (Å²) in [5.41, 5.74) is 3.38. The Hall–Kier alpha value is -4.53. The van der Waals surface area contributed by atoms with Crippen LogP contribution in [-0.4, -0.2) is 42.7 Å². The van der Waals surface area contributed by atoms with Gasteiger partial charge in [0, 0.05) is 35.1 Å². The number of phenols is 1. The third-order valence-corrected chi connectivity index (χ3v) is 7.41. The van der Waals surface area contributed by atoms with Crippen molar-refractivity contribution in [3.63, 3.8) is 0 Å². The molecular formula is C29H28N4O5. The highest BCUT2D eigenvalue weighted by molar-refractivity contribution is 5.99. The van der Waals surface area contributed by atoms with Crippen molar-refractivity contribution in [2.24, 2.45) is 0 Å². The number of rotatable bonds is 7. The summed E-state index contributed by atoms with van der Waals surface area (Å²) < 4.78 is 7.90. The molecule has 3 aromatic heterocycles. The van der Waals surface area contributed by atoms with E-state index >= 15 is 0 Å². The van der Waals surface area contributed by atoms with E-state index in [1.165, 1.54) is 6.42 Å². The van der Waals surface area contributed by atoms with Gasteiger partial charge in [0.05, 0.1) is 17.3 Å². The van der Waals surface area contributed by atoms with Gasteiger partial charge in [-0.2, -0.15) is 0 Å². The molecule has 2 aromatic carbocycles. The van der Waals surface area contributed by atoms with Crippen molar-refractivity contribution in [3.05, 3.63) is 72.1 Å². The summed E-state index contributed by atoms with van der Waals surface area (Å²) in [6, 6.07) is 13.0. The maximum atomic E-state index is 13.2. The number of fused-ring (bicyclic) bond motifs is 2. The van der Waals surface area contributed by atoms with Gasteiger partial charge in [0.15, 0.2) is 11.6 Å². The van der Waals surface area contributed by atoms with Gasteiger partial charge in [0.2, 0.25) is 0 Å². The monoisotopic (exact) mass is 512 g/mol. The molecule has 0 radical (unpaired) electrons. The number of phenolic OH excluding ortho intramolecular Hbond substituents is 1. The number of amides is 1. The van der Waals surface area contributed by atoms with Crippen LogP contribution in [0.1, 0.15) is 54.1 Å². The number of aliphatic carboxylic acids is 1. The summed E-state index contributed by atoms with van der Waals surface area (Å²) in [5.74, 6) is -0.137. The fourth-order valence-electron chi connectivity index (χ4n) is 5.53. The van der Waals surface area contributed by atoms with Crippen LogP contribution in [0.3, 0.4) is 0 Å². The van der Waals surface area contributed by atoms with Gasteiger partial charge in [0.1, 0.15) is 11.8 Å². The molecule has 194 valence electrons. The number of benzene rings is 2. The molecule has 4 N–H and O–H groups in total. The lowest BCUT2D eigenvalue weighted by atomic mass is 9.95. The van der Waals surface area contributed by atoms with Gasteiger partial charge in [-0.25, -0.2) is 9.78 Å². The minimum absolute atomic E-state index is 0.0612. The summed E-state index contributed by atoms with van der Waals surface area (Å²) in [6.07, 6.45) is 9.07. The lowest BCUT2D eigenvalue weighted by Crippen LogP contribution is -2.42. The average Bonchev–Trinajstić information content (AvgIpc) is 3.67. The number of aromatic nitrogens is 3. The molecule has 0 spiro atoms. The molecule has 9 heteroatoms. The maximum Gasteiger partial charge on any atom is 0.326 e. The molecule has 9 nitrogen and oxygen atoms in total. The van der Waals surface area contributed by atoms with E-state index in [1.54, 1.807) is 42.8 Å². The summed E-state index contributed by atoms with van der Waals surface area (Å²) in [7, 11) is 0. The normalized spacial score (nSPS) is 15.2. The molecule has 1 amide bonds. The predicted octanol–water partition coefficient (Wildman–Crippen LogP) is 5.41. The zero-order chi connectivity index (χ0) is 26.2. The molecule has 0 unspecified atom stereocenters. The predicted molar refractivity (Wildman–Crippen MR) is 142 cm³/mol. The van der Waals surface area contributed by atoms with Gasteiger partial charge in [0.25, 0.3) is 5.91 Å². The van der Waals surface area contributed by atoms with Crippen LogP contribution < -0.4 is 5.32 Å². The Labute approximate surface area is 218 Å². The second-order valence-electron chi connectivity index (χ2n) is 9.89. The molecule has 6 rings (SSSR count). The van der Waals surface area contributed by atoms with Crippen molar-refractivity contribution in [3.8, 4) is 17.3 Å². The van der Waals surface area contributed by atoms with Crippen LogP contribution in [0.15, 0.2) is 65.4 Å². The van der Waals surface area contributed by atoms with E-state index in [-0.39, 0.29) is 12.2 Å². The highest BCUT2D eigenvalue weighted by Gasteiger charge is 2.26. The Morgan fingerprint density at radius 2 is 1.97 bits per heavy atom. The van der Waals surface area contributed by atoms with Gasteiger partial charge in [-0.05, 0) is 66.9 Å². The standard InChI is InChI=1S/C29H28N4O5/c34-20-9-10-22-21(15-20)18(16-30-22)14-24(29(36)37)32-28(35)17-8-11-25-23(13-17)31-27(26-7-4-12-38-26)33(25)19-5-2-1-3-6-19/h4,7-13,15-16,19,24,30,34H,1-3,5-6,14H2,(H,32,35)(H,36,37)/t24-/m0/s1. The summed E-state index contributed by atoms with van der Waals surface area (Å²) in [5, 5.41) is 23.1. The fourth-order valence-corrected chi connectivity index (χ4v) is 5.53. The molecule has 1 aliphatic rings. The van der Waals surface area contributed by atoms with Crippen molar-refractivity contribution in [2.75, 3.05) is 0 Å². The molecule has 0 aliphatic heterocycles. The number of H-pyrrole nitrogens is 1. The van der Waals surface area contributed by atoms with E-state index in [0.29, 0.717) is 33.8 Å². The third kappa shape index (κ3) is 4.40. The van der Waals surface area contributed by atoms with Crippen LogP contribution in [0.4, 0.5) is 0 Å². The van der Waals surface area contributed by atoms with Crippen LogP contribution in [0.25, 0.3) is 33.5 Å².